The van der Waals surface area contributed by atoms with Crippen LogP contribution in [0.4, 0.5) is 11.5 Å². The maximum Gasteiger partial charge on any atom is 0.142 e. The Hall–Kier alpha value is -1.23. The van der Waals surface area contributed by atoms with Crippen molar-refractivity contribution in [1.82, 2.24) is 10.2 Å². The predicted molar refractivity (Wildman–Crippen MR) is 64.1 cm³/mol. The van der Waals surface area contributed by atoms with Gasteiger partial charge in [0.2, 0.25) is 0 Å². The van der Waals surface area contributed by atoms with Gasteiger partial charge in [-0.05, 0) is 31.6 Å². The van der Waals surface area contributed by atoms with E-state index in [1.54, 1.807) is 6.20 Å². The lowest BCUT2D eigenvalue weighted by atomic mass is 9.77. The van der Waals surface area contributed by atoms with Crippen molar-refractivity contribution in [3.63, 3.8) is 0 Å². The van der Waals surface area contributed by atoms with Gasteiger partial charge in [-0.3, -0.25) is 5.10 Å². The highest BCUT2D eigenvalue weighted by molar-refractivity contribution is 5.61. The van der Waals surface area contributed by atoms with Crippen LogP contribution in [-0.2, 0) is 0 Å². The minimum Gasteiger partial charge on any atom is -0.394 e. The molecule has 0 amide bonds. The first-order valence-corrected chi connectivity index (χ1v) is 5.83. The Morgan fingerprint density at radius 3 is 2.81 bits per heavy atom. The molecule has 16 heavy (non-hydrogen) atoms. The number of hydrogen-bond donors (Lipinski definition) is 4. The number of aromatic amines is 1. The average molecular weight is 224 g/mol. The highest BCUT2D eigenvalue weighted by Gasteiger charge is 2.34. The molecule has 0 aromatic carbocycles. The van der Waals surface area contributed by atoms with Crippen LogP contribution >= 0.6 is 0 Å². The van der Waals surface area contributed by atoms with Gasteiger partial charge in [0.25, 0.3) is 0 Å². The Labute approximate surface area is 95.4 Å². The molecule has 1 aliphatic carbocycles. The highest BCUT2D eigenvalue weighted by atomic mass is 16.3. The first-order valence-electron chi connectivity index (χ1n) is 5.83. The van der Waals surface area contributed by atoms with E-state index in [9.17, 15) is 5.11 Å². The van der Waals surface area contributed by atoms with Crippen LogP contribution in [0, 0.1) is 5.92 Å². The van der Waals surface area contributed by atoms with Crippen LogP contribution in [0.25, 0.3) is 0 Å². The Balaban J connectivity index is 2.08. The SMILES string of the molecule is CC1CCC(CO)(Nc2cn[nH]c2N)CC1. The molecule has 0 radical (unpaired) electrons. The molecular weight excluding hydrogens is 204 g/mol. The number of aliphatic hydroxyl groups excluding tert-OH is 1. The van der Waals surface area contributed by atoms with Crippen molar-refractivity contribution in [1.29, 1.82) is 0 Å². The van der Waals surface area contributed by atoms with Gasteiger partial charge in [0.1, 0.15) is 5.82 Å². The third-order valence-electron chi connectivity index (χ3n) is 3.60. The van der Waals surface area contributed by atoms with Crippen molar-refractivity contribution >= 4 is 11.5 Å². The van der Waals surface area contributed by atoms with E-state index in [-0.39, 0.29) is 12.1 Å². The van der Waals surface area contributed by atoms with Crippen LogP contribution in [0.5, 0.6) is 0 Å². The Morgan fingerprint density at radius 2 is 2.31 bits per heavy atom. The zero-order chi connectivity index (χ0) is 11.6. The van der Waals surface area contributed by atoms with Gasteiger partial charge in [-0.2, -0.15) is 5.10 Å². The largest absolute Gasteiger partial charge is 0.394 e. The Bertz CT molecular complexity index is 342. The summed E-state index contributed by atoms with van der Waals surface area (Å²) in [4.78, 5) is 0. The molecule has 5 N–H and O–H groups in total. The molecule has 5 heteroatoms. The van der Waals surface area contributed by atoms with Crippen LogP contribution < -0.4 is 11.1 Å². The standard InChI is InChI=1S/C11H20N4O/c1-8-2-4-11(7-16,5-3-8)14-9-6-13-15-10(9)12/h6,8,14,16H,2-5,7H2,1H3,(H3,12,13,15). The van der Waals surface area contributed by atoms with E-state index >= 15 is 0 Å². The topological polar surface area (TPSA) is 87.0 Å². The van der Waals surface area contributed by atoms with Crippen LogP contribution in [0.1, 0.15) is 32.6 Å². The summed E-state index contributed by atoms with van der Waals surface area (Å²) >= 11 is 0. The van der Waals surface area contributed by atoms with E-state index < -0.39 is 0 Å². The van der Waals surface area contributed by atoms with Gasteiger partial charge >= 0.3 is 0 Å². The number of nitrogen functional groups attached to an aromatic ring is 1. The van der Waals surface area contributed by atoms with Crippen LogP contribution in [-0.4, -0.2) is 27.4 Å². The Morgan fingerprint density at radius 1 is 1.62 bits per heavy atom. The maximum atomic E-state index is 9.58. The molecule has 0 unspecified atom stereocenters. The van der Waals surface area contributed by atoms with E-state index in [1.807, 2.05) is 0 Å². The second kappa shape index (κ2) is 4.33. The van der Waals surface area contributed by atoms with E-state index in [0.29, 0.717) is 5.82 Å². The first kappa shape index (κ1) is 11.3. The third-order valence-corrected chi connectivity index (χ3v) is 3.60. The molecule has 0 saturated heterocycles. The number of rotatable bonds is 3. The Kier molecular flexibility index (Phi) is 3.05. The van der Waals surface area contributed by atoms with Gasteiger partial charge in [-0.15, -0.1) is 0 Å². The highest BCUT2D eigenvalue weighted by Crippen LogP contribution is 2.35. The number of aliphatic hydroxyl groups is 1. The second-order valence-electron chi connectivity index (χ2n) is 4.94. The summed E-state index contributed by atoms with van der Waals surface area (Å²) in [7, 11) is 0. The van der Waals surface area contributed by atoms with Gasteiger partial charge in [0.15, 0.2) is 0 Å². The number of aromatic nitrogens is 2. The second-order valence-corrected chi connectivity index (χ2v) is 4.94. The van der Waals surface area contributed by atoms with Crippen molar-refractivity contribution in [3.8, 4) is 0 Å². The van der Waals surface area contributed by atoms with Crippen LogP contribution in [0.15, 0.2) is 6.20 Å². The lowest BCUT2D eigenvalue weighted by molar-refractivity contribution is 0.155. The number of nitrogens with two attached hydrogens (primary N) is 1. The number of nitrogens with zero attached hydrogens (tertiary/aromatic N) is 1. The summed E-state index contributed by atoms with van der Waals surface area (Å²) in [5, 5.41) is 19.5. The molecule has 0 bridgehead atoms. The predicted octanol–water partition coefficient (Wildman–Crippen LogP) is 1.34. The number of anilines is 2. The summed E-state index contributed by atoms with van der Waals surface area (Å²) in [5.74, 6) is 1.29. The fourth-order valence-corrected chi connectivity index (χ4v) is 2.32. The molecule has 1 aliphatic rings. The van der Waals surface area contributed by atoms with Crippen molar-refractivity contribution in [3.05, 3.63) is 6.20 Å². The van der Waals surface area contributed by atoms with E-state index in [1.165, 1.54) is 0 Å². The average Bonchev–Trinajstić information content (AvgIpc) is 2.68. The maximum absolute atomic E-state index is 9.58. The fourth-order valence-electron chi connectivity index (χ4n) is 2.32. The molecule has 1 aromatic heterocycles. The van der Waals surface area contributed by atoms with Gasteiger partial charge in [-0.1, -0.05) is 6.92 Å². The zero-order valence-corrected chi connectivity index (χ0v) is 9.66. The fraction of sp³-hybridized carbons (Fsp3) is 0.727. The molecule has 0 spiro atoms. The third kappa shape index (κ3) is 2.14. The zero-order valence-electron chi connectivity index (χ0n) is 9.66. The normalized spacial score (nSPS) is 30.2. The molecule has 1 heterocycles. The monoisotopic (exact) mass is 224 g/mol. The summed E-state index contributed by atoms with van der Waals surface area (Å²) < 4.78 is 0. The molecule has 1 saturated carbocycles. The smallest absolute Gasteiger partial charge is 0.142 e. The lowest BCUT2D eigenvalue weighted by Gasteiger charge is -2.39. The van der Waals surface area contributed by atoms with E-state index in [0.717, 1.165) is 37.3 Å². The molecule has 0 aliphatic heterocycles. The quantitative estimate of drug-likeness (QED) is 0.624. The molecule has 90 valence electrons. The molecule has 1 fully saturated rings. The summed E-state index contributed by atoms with van der Waals surface area (Å²) in [5.41, 5.74) is 6.31. The minimum absolute atomic E-state index is 0.143. The van der Waals surface area contributed by atoms with Gasteiger partial charge < -0.3 is 16.2 Å². The number of H-pyrrole nitrogens is 1. The number of hydrogen-bond acceptors (Lipinski definition) is 4. The molecule has 0 atom stereocenters. The van der Waals surface area contributed by atoms with Gasteiger partial charge in [0, 0.05) is 0 Å². The van der Waals surface area contributed by atoms with Crippen molar-refractivity contribution in [2.45, 2.75) is 38.1 Å². The lowest BCUT2D eigenvalue weighted by Crippen LogP contribution is -2.45. The summed E-state index contributed by atoms with van der Waals surface area (Å²) in [6.07, 6.45) is 5.92. The van der Waals surface area contributed by atoms with Crippen molar-refractivity contribution in [2.24, 2.45) is 5.92 Å². The van der Waals surface area contributed by atoms with Crippen LogP contribution in [0.2, 0.25) is 0 Å². The minimum atomic E-state index is -0.218. The molecule has 2 rings (SSSR count). The van der Waals surface area contributed by atoms with Gasteiger partial charge in [-0.25, -0.2) is 0 Å². The summed E-state index contributed by atoms with van der Waals surface area (Å²) in [6.45, 7) is 2.40. The molecular formula is C11H20N4O. The van der Waals surface area contributed by atoms with Crippen molar-refractivity contribution in [2.75, 3.05) is 17.7 Å². The molecule has 5 nitrogen and oxygen atoms in total. The van der Waals surface area contributed by atoms with Crippen molar-refractivity contribution < 1.29 is 5.11 Å². The first-order chi connectivity index (χ1) is 7.65. The van der Waals surface area contributed by atoms with E-state index in [4.69, 9.17) is 5.73 Å². The van der Waals surface area contributed by atoms with E-state index in [2.05, 4.69) is 22.4 Å². The molecule has 1 aromatic rings. The number of nitrogens with one attached hydrogen (secondary N) is 2. The summed E-state index contributed by atoms with van der Waals surface area (Å²) in [6, 6.07) is 0. The van der Waals surface area contributed by atoms with Gasteiger partial charge in [0.05, 0.1) is 24.0 Å². The van der Waals surface area contributed by atoms with Crippen LogP contribution in [0.3, 0.4) is 0 Å².